The van der Waals surface area contributed by atoms with E-state index >= 15 is 0 Å². The number of rotatable bonds is 4. The molecule has 0 aliphatic carbocycles. The normalized spacial score (nSPS) is 14.9. The Hall–Kier alpha value is -0.750. The molecule has 2 amide bonds. The number of carbonyl (C=O) groups is 2. The highest BCUT2D eigenvalue weighted by Gasteiger charge is 2.16. The third kappa shape index (κ3) is 3.59. The van der Waals surface area contributed by atoms with E-state index in [1.165, 1.54) is 6.92 Å². The van der Waals surface area contributed by atoms with E-state index in [0.29, 0.717) is 0 Å². The molecule has 0 aliphatic heterocycles. The van der Waals surface area contributed by atoms with Crippen molar-refractivity contribution in [1.82, 2.24) is 5.32 Å². The van der Waals surface area contributed by atoms with Gasteiger partial charge in [-0.2, -0.15) is 12.6 Å². The molecule has 0 heterocycles. The highest BCUT2D eigenvalue weighted by molar-refractivity contribution is 7.80. The summed E-state index contributed by atoms with van der Waals surface area (Å²) in [5, 5.41) is 2.34. The molecule has 0 unspecified atom stereocenters. The highest BCUT2D eigenvalue weighted by Crippen LogP contribution is 1.86. The van der Waals surface area contributed by atoms with Crippen LogP contribution in [0.2, 0.25) is 0 Å². The maximum absolute atomic E-state index is 11.0. The number of hydrogen-bond donors (Lipinski definition) is 4. The maximum atomic E-state index is 11.0. The van der Waals surface area contributed by atoms with Crippen molar-refractivity contribution in [2.45, 2.75) is 19.0 Å². The monoisotopic (exact) mass is 191 g/mol. The van der Waals surface area contributed by atoms with Gasteiger partial charge in [-0.3, -0.25) is 9.59 Å². The van der Waals surface area contributed by atoms with E-state index < -0.39 is 23.9 Å². The predicted octanol–water partition coefficient (Wildman–Crippen LogP) is -1.77. The summed E-state index contributed by atoms with van der Waals surface area (Å²) in [6.45, 7) is 1.49. The molecule has 0 bridgehead atoms. The van der Waals surface area contributed by atoms with Crippen molar-refractivity contribution in [3.05, 3.63) is 0 Å². The van der Waals surface area contributed by atoms with Crippen molar-refractivity contribution < 1.29 is 9.59 Å². The van der Waals surface area contributed by atoms with Crippen molar-refractivity contribution in [3.8, 4) is 0 Å². The van der Waals surface area contributed by atoms with E-state index in [2.05, 4.69) is 17.9 Å². The van der Waals surface area contributed by atoms with Gasteiger partial charge in [-0.05, 0) is 6.92 Å². The Balaban J connectivity index is 3.92. The van der Waals surface area contributed by atoms with Gasteiger partial charge in [0.2, 0.25) is 11.8 Å². The molecular weight excluding hydrogens is 178 g/mol. The molecule has 0 aromatic heterocycles. The van der Waals surface area contributed by atoms with Gasteiger partial charge in [-0.25, -0.2) is 0 Å². The Morgan fingerprint density at radius 1 is 1.58 bits per heavy atom. The van der Waals surface area contributed by atoms with Gasteiger partial charge in [0, 0.05) is 5.75 Å². The zero-order valence-corrected chi connectivity index (χ0v) is 7.67. The second kappa shape index (κ2) is 5.00. The molecule has 0 aromatic carbocycles. The second-order valence-corrected chi connectivity index (χ2v) is 2.79. The van der Waals surface area contributed by atoms with Gasteiger partial charge in [0.25, 0.3) is 0 Å². The number of nitrogens with one attached hydrogen (secondary N) is 1. The lowest BCUT2D eigenvalue weighted by molar-refractivity contribution is -0.127. The average molecular weight is 191 g/mol. The first kappa shape index (κ1) is 11.2. The summed E-state index contributed by atoms with van der Waals surface area (Å²) in [6, 6.07) is -1.39. The summed E-state index contributed by atoms with van der Waals surface area (Å²) in [4.78, 5) is 21.5. The number of amides is 2. The fourth-order valence-electron chi connectivity index (χ4n) is 0.474. The molecule has 0 saturated heterocycles. The van der Waals surface area contributed by atoms with Crippen molar-refractivity contribution >= 4 is 24.4 Å². The molecule has 0 aromatic rings. The molecule has 0 rings (SSSR count). The molecule has 0 radical (unpaired) electrons. The van der Waals surface area contributed by atoms with Crippen LogP contribution >= 0.6 is 12.6 Å². The van der Waals surface area contributed by atoms with Crippen LogP contribution in [0.5, 0.6) is 0 Å². The zero-order chi connectivity index (χ0) is 9.72. The van der Waals surface area contributed by atoms with E-state index in [1.54, 1.807) is 0 Å². The summed E-state index contributed by atoms with van der Waals surface area (Å²) in [5.74, 6) is -0.775. The number of hydrogen-bond acceptors (Lipinski definition) is 4. The molecule has 2 atom stereocenters. The Labute approximate surface area is 76.3 Å². The van der Waals surface area contributed by atoms with E-state index in [9.17, 15) is 9.59 Å². The molecule has 0 saturated carbocycles. The van der Waals surface area contributed by atoms with E-state index in [1.807, 2.05) is 0 Å². The minimum Gasteiger partial charge on any atom is -0.368 e. The van der Waals surface area contributed by atoms with Crippen LogP contribution in [0, 0.1) is 0 Å². The summed E-state index contributed by atoms with van der Waals surface area (Å²) in [7, 11) is 0. The third-order valence-electron chi connectivity index (χ3n) is 1.32. The van der Waals surface area contributed by atoms with Gasteiger partial charge in [0.05, 0.1) is 6.04 Å². The Bertz CT molecular complexity index is 186. The van der Waals surface area contributed by atoms with Crippen molar-refractivity contribution in [3.63, 3.8) is 0 Å². The summed E-state index contributed by atoms with van der Waals surface area (Å²) < 4.78 is 0. The number of primary amides is 1. The van der Waals surface area contributed by atoms with Crippen LogP contribution in [0.25, 0.3) is 0 Å². The quantitative estimate of drug-likeness (QED) is 0.396. The van der Waals surface area contributed by atoms with Crippen LogP contribution in [0.15, 0.2) is 0 Å². The summed E-state index contributed by atoms with van der Waals surface area (Å²) >= 11 is 3.83. The molecule has 6 heteroatoms. The smallest absolute Gasteiger partial charge is 0.239 e. The van der Waals surface area contributed by atoms with Gasteiger partial charge in [0.15, 0.2) is 0 Å². The molecule has 0 spiro atoms. The minimum absolute atomic E-state index is 0.233. The van der Waals surface area contributed by atoms with Crippen LogP contribution < -0.4 is 16.8 Å². The highest BCUT2D eigenvalue weighted by atomic mass is 32.1. The topological polar surface area (TPSA) is 98.2 Å². The molecule has 70 valence electrons. The molecule has 12 heavy (non-hydrogen) atoms. The Morgan fingerprint density at radius 3 is 2.42 bits per heavy atom. The Kier molecular flexibility index (Phi) is 4.68. The van der Waals surface area contributed by atoms with Crippen LogP contribution in [0.4, 0.5) is 0 Å². The van der Waals surface area contributed by atoms with Gasteiger partial charge < -0.3 is 16.8 Å². The number of thiol groups is 1. The lowest BCUT2D eigenvalue weighted by Crippen LogP contribution is -2.49. The minimum atomic E-state index is -0.699. The summed E-state index contributed by atoms with van der Waals surface area (Å²) in [5.41, 5.74) is 10.2. The fraction of sp³-hybridized carbons (Fsp3) is 0.667. The van der Waals surface area contributed by atoms with Crippen LogP contribution in [-0.4, -0.2) is 29.7 Å². The standard InChI is InChI=1S/C6H13N3O2S/c1-3(5(8)10)9-6(11)4(7)2-12/h3-4,12H,2,7H2,1H3,(H2,8,10)(H,9,11)/t3-,4-/m0/s1. The molecule has 5 N–H and O–H groups in total. The first-order valence-electron chi connectivity index (χ1n) is 3.45. The number of carbonyl (C=O) groups excluding carboxylic acids is 2. The van der Waals surface area contributed by atoms with Crippen molar-refractivity contribution in [1.29, 1.82) is 0 Å². The van der Waals surface area contributed by atoms with E-state index in [0.717, 1.165) is 0 Å². The lowest BCUT2D eigenvalue weighted by Gasteiger charge is -2.13. The van der Waals surface area contributed by atoms with Crippen LogP contribution in [-0.2, 0) is 9.59 Å². The first-order chi connectivity index (χ1) is 5.49. The SMILES string of the molecule is C[C@H](NC(=O)[C@@H](N)CS)C(N)=O. The van der Waals surface area contributed by atoms with Gasteiger partial charge >= 0.3 is 0 Å². The average Bonchev–Trinajstić information content (AvgIpc) is 2.02. The van der Waals surface area contributed by atoms with E-state index in [4.69, 9.17) is 11.5 Å². The maximum Gasteiger partial charge on any atom is 0.239 e. The molecule has 0 fully saturated rings. The fourth-order valence-corrected chi connectivity index (χ4v) is 0.640. The van der Waals surface area contributed by atoms with Gasteiger partial charge in [0.1, 0.15) is 6.04 Å². The zero-order valence-electron chi connectivity index (χ0n) is 6.78. The van der Waals surface area contributed by atoms with Crippen LogP contribution in [0.3, 0.4) is 0 Å². The van der Waals surface area contributed by atoms with Crippen molar-refractivity contribution in [2.75, 3.05) is 5.75 Å². The van der Waals surface area contributed by atoms with E-state index in [-0.39, 0.29) is 5.75 Å². The van der Waals surface area contributed by atoms with Gasteiger partial charge in [-0.1, -0.05) is 0 Å². The third-order valence-corrected chi connectivity index (χ3v) is 1.71. The lowest BCUT2D eigenvalue weighted by atomic mass is 10.2. The van der Waals surface area contributed by atoms with Crippen molar-refractivity contribution in [2.24, 2.45) is 11.5 Å². The van der Waals surface area contributed by atoms with Crippen LogP contribution in [0.1, 0.15) is 6.92 Å². The first-order valence-corrected chi connectivity index (χ1v) is 4.08. The second-order valence-electron chi connectivity index (χ2n) is 2.42. The Morgan fingerprint density at radius 2 is 2.08 bits per heavy atom. The number of nitrogens with two attached hydrogens (primary N) is 2. The van der Waals surface area contributed by atoms with Gasteiger partial charge in [-0.15, -0.1) is 0 Å². The molecular formula is C6H13N3O2S. The largest absolute Gasteiger partial charge is 0.368 e. The summed E-state index contributed by atoms with van der Waals surface area (Å²) in [6.07, 6.45) is 0. The molecule has 0 aliphatic rings. The predicted molar refractivity (Wildman–Crippen MR) is 48.6 cm³/mol. The molecule has 5 nitrogen and oxygen atoms in total.